The molecular formula is C10H21NOS. The van der Waals surface area contributed by atoms with E-state index in [4.69, 9.17) is 5.11 Å². The Morgan fingerprint density at radius 2 is 2.38 bits per heavy atom. The second-order valence-corrected chi connectivity index (χ2v) is 5.90. The lowest BCUT2D eigenvalue weighted by Crippen LogP contribution is -2.34. The minimum absolute atomic E-state index is 0.170. The first-order chi connectivity index (χ1) is 6.12. The number of hydrogen-bond donors (Lipinski definition) is 2. The average Bonchev–Trinajstić information content (AvgIpc) is 2.47. The number of hydrogen-bond acceptors (Lipinski definition) is 3. The van der Waals surface area contributed by atoms with Crippen molar-refractivity contribution in [2.24, 2.45) is 0 Å². The first kappa shape index (κ1) is 11.3. The van der Waals surface area contributed by atoms with Gasteiger partial charge in [-0.05, 0) is 45.4 Å². The van der Waals surface area contributed by atoms with Gasteiger partial charge >= 0.3 is 0 Å². The number of thioether (sulfide) groups is 1. The SMILES string of the molecule is CC(O)CCNCC1(C)CCCS1. The second kappa shape index (κ2) is 5.23. The molecule has 1 rings (SSSR count). The van der Waals surface area contributed by atoms with Crippen LogP contribution in [0.2, 0.25) is 0 Å². The first-order valence-corrected chi connectivity index (χ1v) is 6.14. The maximum atomic E-state index is 9.06. The van der Waals surface area contributed by atoms with Crippen molar-refractivity contribution < 1.29 is 5.11 Å². The third-order valence-electron chi connectivity index (χ3n) is 2.54. The minimum atomic E-state index is -0.170. The molecule has 1 aliphatic heterocycles. The van der Waals surface area contributed by atoms with Gasteiger partial charge in [-0.25, -0.2) is 0 Å². The molecule has 0 saturated carbocycles. The van der Waals surface area contributed by atoms with Crippen LogP contribution in [-0.4, -0.2) is 34.8 Å². The summed E-state index contributed by atoms with van der Waals surface area (Å²) in [5.41, 5.74) is 0. The average molecular weight is 203 g/mol. The molecule has 0 aromatic rings. The van der Waals surface area contributed by atoms with Gasteiger partial charge in [-0.3, -0.25) is 0 Å². The molecule has 0 radical (unpaired) electrons. The first-order valence-electron chi connectivity index (χ1n) is 5.15. The maximum Gasteiger partial charge on any atom is 0.0524 e. The van der Waals surface area contributed by atoms with E-state index in [9.17, 15) is 0 Å². The summed E-state index contributed by atoms with van der Waals surface area (Å²) in [6, 6.07) is 0. The predicted molar refractivity (Wildman–Crippen MR) is 59.3 cm³/mol. The van der Waals surface area contributed by atoms with Gasteiger partial charge in [0.25, 0.3) is 0 Å². The zero-order valence-electron chi connectivity index (χ0n) is 8.68. The van der Waals surface area contributed by atoms with Gasteiger partial charge in [-0.2, -0.15) is 11.8 Å². The molecule has 3 heteroatoms. The molecule has 2 atom stereocenters. The maximum absolute atomic E-state index is 9.06. The summed E-state index contributed by atoms with van der Waals surface area (Å²) in [5.74, 6) is 1.31. The fourth-order valence-electron chi connectivity index (χ4n) is 1.64. The molecule has 2 nitrogen and oxygen atoms in total. The van der Waals surface area contributed by atoms with E-state index < -0.39 is 0 Å². The molecule has 0 bridgehead atoms. The van der Waals surface area contributed by atoms with Crippen molar-refractivity contribution in [3.8, 4) is 0 Å². The fraction of sp³-hybridized carbons (Fsp3) is 1.00. The Kier molecular flexibility index (Phi) is 4.56. The Hall–Kier alpha value is 0.270. The summed E-state index contributed by atoms with van der Waals surface area (Å²) in [6.07, 6.45) is 3.39. The van der Waals surface area contributed by atoms with Crippen LogP contribution < -0.4 is 5.32 Å². The van der Waals surface area contributed by atoms with Crippen molar-refractivity contribution >= 4 is 11.8 Å². The van der Waals surface area contributed by atoms with Crippen LogP contribution >= 0.6 is 11.8 Å². The summed E-state index contributed by atoms with van der Waals surface area (Å²) in [7, 11) is 0. The monoisotopic (exact) mass is 203 g/mol. The lowest BCUT2D eigenvalue weighted by atomic mass is 10.1. The molecule has 0 amide bonds. The molecule has 13 heavy (non-hydrogen) atoms. The van der Waals surface area contributed by atoms with Gasteiger partial charge in [0.2, 0.25) is 0 Å². The van der Waals surface area contributed by atoms with Crippen molar-refractivity contribution in [2.75, 3.05) is 18.8 Å². The third kappa shape index (κ3) is 4.34. The number of aliphatic hydroxyl groups excluding tert-OH is 1. The molecule has 1 aliphatic rings. The topological polar surface area (TPSA) is 32.3 Å². The van der Waals surface area contributed by atoms with E-state index in [0.29, 0.717) is 4.75 Å². The lowest BCUT2D eigenvalue weighted by Gasteiger charge is -2.23. The number of nitrogens with one attached hydrogen (secondary N) is 1. The van der Waals surface area contributed by atoms with E-state index in [1.165, 1.54) is 18.6 Å². The van der Waals surface area contributed by atoms with Crippen LogP contribution in [0, 0.1) is 0 Å². The molecule has 1 saturated heterocycles. The second-order valence-electron chi connectivity index (χ2n) is 4.22. The van der Waals surface area contributed by atoms with Gasteiger partial charge < -0.3 is 10.4 Å². The van der Waals surface area contributed by atoms with Gasteiger partial charge in [0.15, 0.2) is 0 Å². The quantitative estimate of drug-likeness (QED) is 0.666. The van der Waals surface area contributed by atoms with Crippen molar-refractivity contribution in [3.05, 3.63) is 0 Å². The predicted octanol–water partition coefficient (Wildman–Crippen LogP) is 1.63. The van der Waals surface area contributed by atoms with Crippen LogP contribution in [0.25, 0.3) is 0 Å². The number of rotatable bonds is 5. The van der Waals surface area contributed by atoms with Gasteiger partial charge in [0.1, 0.15) is 0 Å². The van der Waals surface area contributed by atoms with Gasteiger partial charge in [0, 0.05) is 11.3 Å². The molecule has 0 aliphatic carbocycles. The van der Waals surface area contributed by atoms with Crippen molar-refractivity contribution in [2.45, 2.75) is 44.0 Å². The van der Waals surface area contributed by atoms with Gasteiger partial charge in [-0.1, -0.05) is 0 Å². The van der Waals surface area contributed by atoms with Crippen LogP contribution in [0.15, 0.2) is 0 Å². The molecule has 2 unspecified atom stereocenters. The fourth-order valence-corrected chi connectivity index (χ4v) is 2.91. The zero-order valence-corrected chi connectivity index (χ0v) is 9.49. The molecule has 1 heterocycles. The molecular weight excluding hydrogens is 182 g/mol. The molecule has 1 fully saturated rings. The van der Waals surface area contributed by atoms with Crippen LogP contribution in [-0.2, 0) is 0 Å². The Balaban J connectivity index is 2.04. The van der Waals surface area contributed by atoms with E-state index in [1.54, 1.807) is 0 Å². The van der Waals surface area contributed by atoms with Crippen molar-refractivity contribution in [3.63, 3.8) is 0 Å². The molecule has 0 aromatic heterocycles. The number of aliphatic hydroxyl groups is 1. The van der Waals surface area contributed by atoms with Crippen LogP contribution in [0.5, 0.6) is 0 Å². The van der Waals surface area contributed by atoms with Gasteiger partial charge in [-0.15, -0.1) is 0 Å². The van der Waals surface area contributed by atoms with E-state index in [-0.39, 0.29) is 6.10 Å². The van der Waals surface area contributed by atoms with E-state index in [1.807, 2.05) is 6.92 Å². The van der Waals surface area contributed by atoms with E-state index in [0.717, 1.165) is 19.5 Å². The Morgan fingerprint density at radius 1 is 1.62 bits per heavy atom. The van der Waals surface area contributed by atoms with Crippen LogP contribution in [0.1, 0.15) is 33.1 Å². The Labute approximate surface area is 85.5 Å². The van der Waals surface area contributed by atoms with E-state index >= 15 is 0 Å². The largest absolute Gasteiger partial charge is 0.393 e. The Morgan fingerprint density at radius 3 is 2.92 bits per heavy atom. The van der Waals surface area contributed by atoms with Crippen LogP contribution in [0.4, 0.5) is 0 Å². The summed E-state index contributed by atoms with van der Waals surface area (Å²) in [4.78, 5) is 0. The third-order valence-corrected chi connectivity index (χ3v) is 4.08. The summed E-state index contributed by atoms with van der Waals surface area (Å²) in [6.45, 7) is 6.20. The molecule has 0 aromatic carbocycles. The molecule has 78 valence electrons. The molecule has 2 N–H and O–H groups in total. The van der Waals surface area contributed by atoms with Crippen molar-refractivity contribution in [1.29, 1.82) is 0 Å². The Bertz CT molecular complexity index is 144. The summed E-state index contributed by atoms with van der Waals surface area (Å²) in [5, 5.41) is 12.5. The summed E-state index contributed by atoms with van der Waals surface area (Å²) < 4.78 is 0.457. The highest BCUT2D eigenvalue weighted by molar-refractivity contribution is 8.00. The highest BCUT2D eigenvalue weighted by atomic mass is 32.2. The summed E-state index contributed by atoms with van der Waals surface area (Å²) >= 11 is 2.08. The van der Waals surface area contributed by atoms with Crippen molar-refractivity contribution in [1.82, 2.24) is 5.32 Å². The zero-order chi connectivity index (χ0) is 9.73. The molecule has 0 spiro atoms. The minimum Gasteiger partial charge on any atom is -0.393 e. The highest BCUT2D eigenvalue weighted by Crippen LogP contribution is 2.36. The lowest BCUT2D eigenvalue weighted by molar-refractivity contribution is 0.183. The normalized spacial score (nSPS) is 30.7. The van der Waals surface area contributed by atoms with Gasteiger partial charge in [0.05, 0.1) is 6.10 Å². The van der Waals surface area contributed by atoms with E-state index in [2.05, 4.69) is 24.0 Å². The standard InChI is InChI=1S/C10H21NOS/c1-9(12)4-6-11-8-10(2)5-3-7-13-10/h9,11-12H,3-8H2,1-2H3. The highest BCUT2D eigenvalue weighted by Gasteiger charge is 2.28. The van der Waals surface area contributed by atoms with Crippen LogP contribution in [0.3, 0.4) is 0 Å². The smallest absolute Gasteiger partial charge is 0.0524 e.